The normalized spacial score (nSPS) is 10.8. The zero-order valence-electron chi connectivity index (χ0n) is 11.6. The minimum absolute atomic E-state index is 0.417. The van der Waals surface area contributed by atoms with Crippen molar-refractivity contribution in [3.63, 3.8) is 0 Å². The molecule has 0 aromatic heterocycles. The van der Waals surface area contributed by atoms with Gasteiger partial charge < -0.3 is 20.9 Å². The first kappa shape index (κ1) is 14.9. The van der Waals surface area contributed by atoms with Gasteiger partial charge in [-0.25, -0.2) is 0 Å². The van der Waals surface area contributed by atoms with E-state index in [9.17, 15) is 0 Å². The van der Waals surface area contributed by atoms with Crippen LogP contribution < -0.4 is 20.9 Å². The zero-order valence-corrected chi connectivity index (χ0v) is 12.4. The number of hydrogen-bond acceptors (Lipinski definition) is 6. The molecular weight excluding hydrogens is 292 g/mol. The predicted molar refractivity (Wildman–Crippen MR) is 84.0 cm³/mol. The Labute approximate surface area is 127 Å². The molecule has 4 N–H and O–H groups in total. The molecule has 0 bridgehead atoms. The summed E-state index contributed by atoms with van der Waals surface area (Å²) in [5.41, 5.74) is 13.4. The van der Waals surface area contributed by atoms with Gasteiger partial charge in [0.15, 0.2) is 0 Å². The average molecular weight is 307 g/mol. The molecule has 2 aromatic rings. The van der Waals surface area contributed by atoms with Crippen LogP contribution >= 0.6 is 11.6 Å². The summed E-state index contributed by atoms with van der Waals surface area (Å²) in [5, 5.41) is 8.64. The molecule has 2 rings (SSSR count). The van der Waals surface area contributed by atoms with Gasteiger partial charge in [0.1, 0.15) is 22.9 Å². The minimum atomic E-state index is 0.417. The van der Waals surface area contributed by atoms with E-state index in [-0.39, 0.29) is 0 Å². The van der Waals surface area contributed by atoms with Crippen molar-refractivity contribution >= 4 is 34.4 Å². The van der Waals surface area contributed by atoms with Gasteiger partial charge in [0.2, 0.25) is 0 Å². The summed E-state index contributed by atoms with van der Waals surface area (Å²) < 4.78 is 10.4. The maximum atomic E-state index is 6.04. The van der Waals surface area contributed by atoms with E-state index >= 15 is 0 Å². The Morgan fingerprint density at radius 1 is 0.905 bits per heavy atom. The molecule has 110 valence electrons. The maximum absolute atomic E-state index is 6.04. The zero-order chi connectivity index (χ0) is 15.4. The van der Waals surface area contributed by atoms with E-state index in [1.165, 1.54) is 14.2 Å². The maximum Gasteiger partial charge on any atom is 0.148 e. The quantitative estimate of drug-likeness (QED) is 0.660. The molecule has 21 heavy (non-hydrogen) atoms. The van der Waals surface area contributed by atoms with Gasteiger partial charge in [0.05, 0.1) is 24.9 Å². The first-order valence-corrected chi connectivity index (χ1v) is 6.41. The summed E-state index contributed by atoms with van der Waals surface area (Å²) in [6.07, 6.45) is 0. The van der Waals surface area contributed by atoms with E-state index in [0.29, 0.717) is 39.3 Å². The van der Waals surface area contributed by atoms with Crippen LogP contribution in [0.3, 0.4) is 0 Å². The van der Waals surface area contributed by atoms with Crippen molar-refractivity contribution < 1.29 is 9.47 Å². The fourth-order valence-corrected chi connectivity index (χ4v) is 1.92. The molecular formula is C14H15ClN4O2. The molecule has 2 aromatic carbocycles. The van der Waals surface area contributed by atoms with Crippen LogP contribution in [0.1, 0.15) is 0 Å². The fraction of sp³-hybridized carbons (Fsp3) is 0.143. The second-order valence-corrected chi connectivity index (χ2v) is 4.58. The summed E-state index contributed by atoms with van der Waals surface area (Å²) in [4.78, 5) is 0. The van der Waals surface area contributed by atoms with E-state index in [0.717, 1.165) is 0 Å². The standard InChI is InChI=1S/C14H15ClN4O2/c1-20-13-7-12(14(21-2)6-10(13)17)19-18-11-4-3-8(16)5-9(11)15/h3-7H,16-17H2,1-2H3. The topological polar surface area (TPSA) is 95.2 Å². The number of methoxy groups -OCH3 is 2. The lowest BCUT2D eigenvalue weighted by molar-refractivity contribution is 0.406. The van der Waals surface area contributed by atoms with Crippen molar-refractivity contribution in [1.82, 2.24) is 0 Å². The highest BCUT2D eigenvalue weighted by molar-refractivity contribution is 6.33. The Morgan fingerprint density at radius 2 is 1.57 bits per heavy atom. The molecule has 0 saturated carbocycles. The Hall–Kier alpha value is -2.47. The highest BCUT2D eigenvalue weighted by Gasteiger charge is 2.09. The number of azo groups is 1. The molecule has 0 unspecified atom stereocenters. The molecule has 7 heteroatoms. The number of anilines is 2. The van der Waals surface area contributed by atoms with Crippen molar-refractivity contribution in [2.75, 3.05) is 25.7 Å². The van der Waals surface area contributed by atoms with E-state index in [4.69, 9.17) is 32.5 Å². The molecule has 0 aliphatic carbocycles. The molecule has 0 heterocycles. The van der Waals surface area contributed by atoms with E-state index in [2.05, 4.69) is 10.2 Å². The SMILES string of the molecule is COc1cc(N=Nc2ccc(N)cc2Cl)c(OC)cc1N. The Bertz CT molecular complexity index is 689. The van der Waals surface area contributed by atoms with E-state index in [1.54, 1.807) is 30.3 Å². The molecule has 0 aliphatic heterocycles. The van der Waals surface area contributed by atoms with Crippen molar-refractivity contribution in [3.8, 4) is 11.5 Å². The molecule has 0 aliphatic rings. The van der Waals surface area contributed by atoms with Crippen molar-refractivity contribution in [3.05, 3.63) is 35.4 Å². The van der Waals surface area contributed by atoms with Crippen molar-refractivity contribution in [2.45, 2.75) is 0 Å². The lowest BCUT2D eigenvalue weighted by Crippen LogP contribution is -1.93. The van der Waals surface area contributed by atoms with Crippen LogP contribution in [0, 0.1) is 0 Å². The van der Waals surface area contributed by atoms with E-state index in [1.807, 2.05) is 0 Å². The van der Waals surface area contributed by atoms with Crippen LogP contribution in [0.2, 0.25) is 5.02 Å². The molecule has 0 atom stereocenters. The molecule has 0 amide bonds. The Balaban J connectivity index is 2.40. The average Bonchev–Trinajstić information content (AvgIpc) is 2.47. The summed E-state index contributed by atoms with van der Waals surface area (Å²) in [6, 6.07) is 8.25. The van der Waals surface area contributed by atoms with Gasteiger partial charge in [0.25, 0.3) is 0 Å². The van der Waals surface area contributed by atoms with Crippen molar-refractivity contribution in [2.24, 2.45) is 10.2 Å². The van der Waals surface area contributed by atoms with Crippen LogP contribution in [0.4, 0.5) is 22.7 Å². The number of nitrogens with zero attached hydrogens (tertiary/aromatic N) is 2. The minimum Gasteiger partial charge on any atom is -0.495 e. The third kappa shape index (κ3) is 3.35. The number of ether oxygens (including phenoxy) is 2. The number of rotatable bonds is 4. The highest BCUT2D eigenvalue weighted by atomic mass is 35.5. The van der Waals surface area contributed by atoms with Crippen LogP contribution in [0.15, 0.2) is 40.6 Å². The van der Waals surface area contributed by atoms with Gasteiger partial charge in [-0.05, 0) is 18.2 Å². The number of benzene rings is 2. The van der Waals surface area contributed by atoms with Gasteiger partial charge in [-0.3, -0.25) is 0 Å². The Kier molecular flexibility index (Phi) is 4.49. The van der Waals surface area contributed by atoms with Gasteiger partial charge in [-0.15, -0.1) is 10.2 Å². The summed E-state index contributed by atoms with van der Waals surface area (Å²) in [5.74, 6) is 0.983. The van der Waals surface area contributed by atoms with Crippen LogP contribution in [0.25, 0.3) is 0 Å². The fourth-order valence-electron chi connectivity index (χ4n) is 1.70. The molecule has 0 spiro atoms. The van der Waals surface area contributed by atoms with Gasteiger partial charge in [0, 0.05) is 17.8 Å². The summed E-state index contributed by atoms with van der Waals surface area (Å²) in [7, 11) is 3.05. The van der Waals surface area contributed by atoms with Crippen LogP contribution in [-0.2, 0) is 0 Å². The monoisotopic (exact) mass is 306 g/mol. The van der Waals surface area contributed by atoms with Gasteiger partial charge >= 0.3 is 0 Å². The predicted octanol–water partition coefficient (Wildman–Crippen LogP) is 3.94. The van der Waals surface area contributed by atoms with Crippen molar-refractivity contribution in [1.29, 1.82) is 0 Å². The third-order valence-electron chi connectivity index (χ3n) is 2.77. The smallest absolute Gasteiger partial charge is 0.148 e. The van der Waals surface area contributed by atoms with Crippen LogP contribution in [-0.4, -0.2) is 14.2 Å². The lowest BCUT2D eigenvalue weighted by Gasteiger charge is -2.09. The second kappa shape index (κ2) is 6.32. The second-order valence-electron chi connectivity index (χ2n) is 4.18. The third-order valence-corrected chi connectivity index (χ3v) is 3.07. The number of nitrogens with two attached hydrogens (primary N) is 2. The first-order chi connectivity index (χ1) is 10.0. The highest BCUT2D eigenvalue weighted by Crippen LogP contribution is 2.38. The molecule has 0 fully saturated rings. The van der Waals surface area contributed by atoms with Crippen LogP contribution in [0.5, 0.6) is 11.5 Å². The Morgan fingerprint density at radius 3 is 2.19 bits per heavy atom. The first-order valence-electron chi connectivity index (χ1n) is 6.03. The number of hydrogen-bond donors (Lipinski definition) is 2. The van der Waals surface area contributed by atoms with Gasteiger partial charge in [-0.1, -0.05) is 11.6 Å². The van der Waals surface area contributed by atoms with E-state index < -0.39 is 0 Å². The molecule has 0 radical (unpaired) electrons. The molecule has 6 nitrogen and oxygen atoms in total. The summed E-state index contributed by atoms with van der Waals surface area (Å²) in [6.45, 7) is 0. The number of halogens is 1. The number of nitrogen functional groups attached to an aromatic ring is 2. The van der Waals surface area contributed by atoms with Gasteiger partial charge in [-0.2, -0.15) is 0 Å². The molecule has 0 saturated heterocycles. The largest absolute Gasteiger partial charge is 0.495 e. The summed E-state index contributed by atoms with van der Waals surface area (Å²) >= 11 is 6.04. The lowest BCUT2D eigenvalue weighted by atomic mass is 10.2.